The fourth-order valence-corrected chi connectivity index (χ4v) is 8.11. The monoisotopic (exact) mass is 1160 g/mol. The first-order chi connectivity index (χ1) is 30.4. The molecule has 0 saturated carbocycles. The average molecular weight is 1160 g/mol. The van der Waals surface area contributed by atoms with Crippen LogP contribution in [0.25, 0.3) is 12.2 Å². The Hall–Kier alpha value is -4.58. The molecule has 2 aliphatic heterocycles. The number of halogens is 2. The third-order valence-corrected chi connectivity index (χ3v) is 11.1. The first kappa shape index (κ1) is 59.4. The van der Waals surface area contributed by atoms with Crippen LogP contribution >= 0.6 is 46.7 Å². The number of benzene rings is 4. The number of anilines is 2. The Morgan fingerprint density at radius 3 is 1.48 bits per heavy atom. The van der Waals surface area contributed by atoms with E-state index in [1.807, 2.05) is 69.3 Å². The number of aldehydes is 1. The van der Waals surface area contributed by atoms with Crippen LogP contribution in [-0.4, -0.2) is 52.6 Å². The number of carboxylic acid groups (broad SMARTS) is 1. The number of aliphatic carboxylic acids is 1. The molecule has 4 aromatic carbocycles. The second-order valence-corrected chi connectivity index (χ2v) is 16.0. The quantitative estimate of drug-likeness (QED) is 0.0558. The van der Waals surface area contributed by atoms with E-state index in [1.165, 1.54) is 35.9 Å². The Bertz CT molecular complexity index is 2520. The van der Waals surface area contributed by atoms with E-state index >= 15 is 0 Å². The summed E-state index contributed by atoms with van der Waals surface area (Å²) < 4.78 is 18.6. The molecule has 2 amide bonds. The number of rotatable bonds is 14. The molecule has 0 spiro atoms. The van der Waals surface area contributed by atoms with Crippen LogP contribution in [0.4, 0.5) is 11.4 Å². The van der Waals surface area contributed by atoms with Crippen LogP contribution in [0.3, 0.4) is 0 Å². The summed E-state index contributed by atoms with van der Waals surface area (Å²) in [5, 5.41) is 10.6. The molecule has 2 aliphatic rings. The minimum absolute atomic E-state index is 0. The molecule has 1 radical (unpaired) electrons. The van der Waals surface area contributed by atoms with Gasteiger partial charge in [0, 0.05) is 41.5 Å². The average Bonchev–Trinajstić information content (AvgIpc) is 3.75. The molecular weight excluding hydrogens is 1110 g/mol. The maximum atomic E-state index is 13.2. The van der Waals surface area contributed by atoms with E-state index in [0.717, 1.165) is 58.8 Å². The first-order valence-corrected chi connectivity index (χ1v) is 22.2. The van der Waals surface area contributed by atoms with Gasteiger partial charge in [-0.2, -0.15) is 0 Å². The first-order valence-electron chi connectivity index (χ1n) is 19.2. The molecule has 0 aliphatic carbocycles. The molecule has 0 atom stereocenters. The zero-order valence-corrected chi connectivity index (χ0v) is 40.8. The molecule has 0 unspecified atom stereocenters. The van der Waals surface area contributed by atoms with Crippen molar-refractivity contribution >= 4 is 105 Å². The van der Waals surface area contributed by atoms with Gasteiger partial charge in [0.2, 0.25) is 0 Å². The van der Waals surface area contributed by atoms with Crippen molar-refractivity contribution in [2.45, 2.75) is 55.4 Å². The van der Waals surface area contributed by atoms with Crippen molar-refractivity contribution in [3.8, 4) is 11.5 Å². The van der Waals surface area contributed by atoms with Gasteiger partial charge in [-0.25, -0.2) is 4.79 Å². The number of hydrogen-bond donors (Lipinski definition) is 1. The van der Waals surface area contributed by atoms with E-state index in [9.17, 15) is 19.2 Å². The summed E-state index contributed by atoms with van der Waals surface area (Å²) in [6.45, 7) is 9.31. The van der Waals surface area contributed by atoms with Gasteiger partial charge in [-0.05, 0) is 121 Å². The molecule has 66 heavy (non-hydrogen) atoms. The van der Waals surface area contributed by atoms with Crippen LogP contribution < -0.4 is 19.3 Å². The minimum atomic E-state index is -1.12. The van der Waals surface area contributed by atoms with E-state index in [1.54, 1.807) is 79.4 Å². The van der Waals surface area contributed by atoms with Gasteiger partial charge in [-0.15, -0.1) is 0 Å². The molecule has 0 aromatic heterocycles. The Morgan fingerprint density at radius 1 is 0.712 bits per heavy atom. The van der Waals surface area contributed by atoms with Crippen molar-refractivity contribution in [1.29, 1.82) is 0 Å². The molecule has 2 fully saturated rings. The van der Waals surface area contributed by atoms with Crippen molar-refractivity contribution in [2.75, 3.05) is 22.9 Å². The molecule has 2 heterocycles. The summed E-state index contributed by atoms with van der Waals surface area (Å²) in [6, 6.07) is 25.7. The molecule has 12 nitrogen and oxygen atoms in total. The predicted octanol–water partition coefficient (Wildman–Crippen LogP) is 12.3. The second-order valence-electron chi connectivity index (χ2n) is 13.1. The Morgan fingerprint density at radius 2 is 1.12 bits per heavy atom. The number of allylic oxidation sites excluding steroid dienone is 1. The van der Waals surface area contributed by atoms with Gasteiger partial charge in [-0.1, -0.05) is 100 Å². The normalized spacial score (nSPS) is 15.5. The summed E-state index contributed by atoms with van der Waals surface area (Å²) in [6.07, 6.45) is 10.4. The van der Waals surface area contributed by atoms with Crippen molar-refractivity contribution in [3.63, 3.8) is 0 Å². The van der Waals surface area contributed by atoms with E-state index in [0.29, 0.717) is 61.1 Å². The number of aliphatic imine (C=N–C) groups is 2. The summed E-state index contributed by atoms with van der Waals surface area (Å²) in [7, 11) is 0. The zero-order valence-electron chi connectivity index (χ0n) is 34.7. The predicted molar refractivity (Wildman–Crippen MR) is 264 cm³/mol. The number of carboxylic acids is 1. The third kappa shape index (κ3) is 16.6. The third-order valence-electron chi connectivity index (χ3n) is 8.53. The van der Waals surface area contributed by atoms with Gasteiger partial charge in [0.1, 0.15) is 17.8 Å². The van der Waals surface area contributed by atoms with Crippen LogP contribution in [0.1, 0.15) is 63.8 Å². The fraction of sp³-hybridized carbons (Fsp3) is 0.208. The van der Waals surface area contributed by atoms with Crippen LogP contribution in [-0.2, 0) is 65.8 Å². The van der Waals surface area contributed by atoms with Gasteiger partial charge < -0.3 is 14.6 Å². The second kappa shape index (κ2) is 30.7. The summed E-state index contributed by atoms with van der Waals surface area (Å²) >= 11 is 16.9. The van der Waals surface area contributed by atoms with E-state index in [2.05, 4.69) is 16.9 Å². The number of thioether (sulfide) groups is 2. The molecule has 18 heteroatoms. The molecular formula is C48H50Ag2Cl2N4O8S2. The Labute approximate surface area is 433 Å². The molecule has 358 valence electrons. The Kier molecular flexibility index (Phi) is 27.6. The summed E-state index contributed by atoms with van der Waals surface area (Å²) in [4.78, 5) is 61.0. The molecule has 2 saturated heterocycles. The maximum absolute atomic E-state index is 13.2. The number of hydrogen-bond acceptors (Lipinski definition) is 11. The number of carbonyl (C=O) groups is 4. The number of aryl methyl sites for hydroxylation is 2. The standard InChI is InChI=1S/C23H21ClN2O4S.C23H21ClN2O3S.2CH4.2Ag.O/c1-3-11-25-23-26(18-7-5-4-6-15(18)2)22(29)20(31-23)14-16-8-9-19(17(24)13-16)30-12-10-21(27)28;1-3-11-25-23-26(19-8-5-4-7-16(19)2)22(28)21(30-23)15-17-9-10-20(18(24)14-17)29-13-6-12-27;;;;;/h4-10,12-14H,3,11H2,1-2H3,(H,27,28);4-10,12-15H,3,11H2,1-2H3;2*1H4;;;/b12-10+,20-14-,25-23?;13-6+,21-15-,25-23?;;;;;. The van der Waals surface area contributed by atoms with E-state index < -0.39 is 5.97 Å². The van der Waals surface area contributed by atoms with Crippen molar-refractivity contribution in [3.05, 3.63) is 152 Å². The van der Waals surface area contributed by atoms with E-state index in [-0.39, 0.29) is 49.0 Å². The van der Waals surface area contributed by atoms with Gasteiger partial charge in [0.25, 0.3) is 11.8 Å². The SMILES string of the molecule is C.C.CCCN=C1S/C(=C\c2ccc(O/C=C/C(=O)O)c(Cl)c2)C(=O)N1c1ccccc1C.CCCN=C1S/C(=C\c2ccc(O/C=C/C=O)c(Cl)c2)C(=O)N1c1ccccc1C.[Ag].[O]=[Ag]. The molecule has 6 rings (SSSR count). The fourth-order valence-electron chi connectivity index (χ4n) is 5.64. The van der Waals surface area contributed by atoms with Crippen LogP contribution in [0.5, 0.6) is 11.5 Å². The number of nitrogens with zero attached hydrogens (tertiary/aromatic N) is 4. The van der Waals surface area contributed by atoms with Crippen LogP contribution in [0.15, 0.2) is 129 Å². The summed E-state index contributed by atoms with van der Waals surface area (Å²) in [5.41, 5.74) is 5.12. The topological polar surface area (TPSA) is 155 Å². The molecule has 0 bridgehead atoms. The molecule has 4 aromatic rings. The number of ether oxygens (including phenoxy) is 2. The van der Waals surface area contributed by atoms with E-state index in [4.69, 9.17) is 41.0 Å². The number of para-hydroxylation sites is 2. The number of amides is 2. The van der Waals surface area contributed by atoms with Crippen LogP contribution in [0, 0.1) is 13.8 Å². The zero-order chi connectivity index (χ0) is 45.9. The van der Waals surface area contributed by atoms with Crippen LogP contribution in [0.2, 0.25) is 10.0 Å². The van der Waals surface area contributed by atoms with Gasteiger partial charge >= 0.3 is 30.3 Å². The van der Waals surface area contributed by atoms with Gasteiger partial charge in [-0.3, -0.25) is 34.2 Å². The van der Waals surface area contributed by atoms with Crippen molar-refractivity contribution in [1.82, 2.24) is 0 Å². The number of amidine groups is 2. The summed E-state index contributed by atoms with van der Waals surface area (Å²) in [5.74, 6) is -0.634. The molecule has 1 N–H and O–H groups in total. The number of carbonyl (C=O) groups excluding carboxylic acids is 3. The van der Waals surface area contributed by atoms with Gasteiger partial charge in [0.15, 0.2) is 10.3 Å². The Balaban J connectivity index is 0.000000610. The van der Waals surface area contributed by atoms with Crippen molar-refractivity contribution in [2.24, 2.45) is 9.98 Å². The van der Waals surface area contributed by atoms with Gasteiger partial charge in [0.05, 0.1) is 49.8 Å². The van der Waals surface area contributed by atoms with Crippen molar-refractivity contribution < 1.29 is 80.4 Å².